The van der Waals surface area contributed by atoms with Gasteiger partial charge in [0, 0.05) is 22.4 Å². The molecule has 1 nitrogen and oxygen atoms in total. The third-order valence-electron chi connectivity index (χ3n) is 14.7. The topological polar surface area (TPSA) is 3.24 Å². The molecule has 0 aromatic heterocycles. The molecule has 0 saturated heterocycles. The second-order valence-corrected chi connectivity index (χ2v) is 17.7. The zero-order valence-electron chi connectivity index (χ0n) is 30.7. The molecule has 0 spiro atoms. The molecular formula is C51H49N. The van der Waals surface area contributed by atoms with Crippen LogP contribution in [0.25, 0.3) is 33.0 Å². The van der Waals surface area contributed by atoms with Crippen LogP contribution in [0.2, 0.25) is 0 Å². The number of hydrogen-bond acceptors (Lipinski definition) is 1. The van der Waals surface area contributed by atoms with Gasteiger partial charge in [0.05, 0.1) is 5.69 Å². The second kappa shape index (κ2) is 11.7. The minimum Gasteiger partial charge on any atom is -0.310 e. The van der Waals surface area contributed by atoms with E-state index in [1.54, 1.807) is 11.1 Å². The van der Waals surface area contributed by atoms with E-state index in [1.807, 2.05) is 0 Å². The summed E-state index contributed by atoms with van der Waals surface area (Å²) in [6.07, 6.45) is 11.4. The van der Waals surface area contributed by atoms with Gasteiger partial charge in [0.2, 0.25) is 0 Å². The average molecular weight is 676 g/mol. The van der Waals surface area contributed by atoms with Gasteiger partial charge in [-0.1, -0.05) is 118 Å². The number of benzene rings is 6. The Hall–Kier alpha value is -4.62. The normalized spacial score (nSPS) is 26.2. The van der Waals surface area contributed by atoms with Gasteiger partial charge in [0.15, 0.2) is 0 Å². The summed E-state index contributed by atoms with van der Waals surface area (Å²) in [5.41, 5.74) is 14.9. The van der Waals surface area contributed by atoms with Crippen LogP contribution in [-0.2, 0) is 5.41 Å². The molecule has 1 heteroatoms. The summed E-state index contributed by atoms with van der Waals surface area (Å²) < 4.78 is 0. The Balaban J connectivity index is 1.11. The summed E-state index contributed by atoms with van der Waals surface area (Å²) in [5.74, 6) is 5.11. The molecule has 0 amide bonds. The van der Waals surface area contributed by atoms with Crippen LogP contribution in [0.4, 0.5) is 17.1 Å². The zero-order valence-corrected chi connectivity index (χ0v) is 30.7. The van der Waals surface area contributed by atoms with E-state index in [0.717, 1.165) is 35.5 Å². The van der Waals surface area contributed by atoms with E-state index in [4.69, 9.17) is 0 Å². The lowest BCUT2D eigenvalue weighted by atomic mass is 9.81. The number of hydrogen-bond donors (Lipinski definition) is 0. The van der Waals surface area contributed by atoms with Crippen molar-refractivity contribution in [3.63, 3.8) is 0 Å². The van der Waals surface area contributed by atoms with Gasteiger partial charge in [-0.2, -0.15) is 0 Å². The molecule has 0 aliphatic heterocycles. The Labute approximate surface area is 309 Å². The van der Waals surface area contributed by atoms with Crippen LogP contribution >= 0.6 is 0 Å². The van der Waals surface area contributed by atoms with Gasteiger partial charge in [-0.15, -0.1) is 0 Å². The molecule has 6 aromatic carbocycles. The molecule has 4 fully saturated rings. The minimum atomic E-state index is -0.0963. The quantitative estimate of drug-likeness (QED) is 0.170. The molecule has 0 N–H and O–H groups in total. The van der Waals surface area contributed by atoms with Crippen molar-refractivity contribution in [1.82, 2.24) is 0 Å². The summed E-state index contributed by atoms with van der Waals surface area (Å²) in [7, 11) is 0. The predicted octanol–water partition coefficient (Wildman–Crippen LogP) is 14.1. The van der Waals surface area contributed by atoms with E-state index in [9.17, 15) is 0 Å². The Morgan fingerprint density at radius 3 is 1.67 bits per heavy atom. The highest BCUT2D eigenvalue weighted by Gasteiger charge is 2.42. The molecule has 0 radical (unpaired) electrons. The number of rotatable bonds is 6. The molecule has 0 heterocycles. The van der Waals surface area contributed by atoms with Crippen LogP contribution < -0.4 is 4.90 Å². The monoisotopic (exact) mass is 675 g/mol. The molecular weight excluding hydrogens is 627 g/mol. The Morgan fingerprint density at radius 1 is 0.481 bits per heavy atom. The van der Waals surface area contributed by atoms with Crippen LogP contribution in [0, 0.1) is 23.7 Å². The molecule has 6 atom stereocenters. The van der Waals surface area contributed by atoms with Gasteiger partial charge in [0.25, 0.3) is 0 Å². The maximum absolute atomic E-state index is 2.59. The van der Waals surface area contributed by atoms with Crippen molar-refractivity contribution in [3.05, 3.63) is 150 Å². The highest BCUT2D eigenvalue weighted by molar-refractivity contribution is 6.03. The second-order valence-electron chi connectivity index (χ2n) is 17.7. The van der Waals surface area contributed by atoms with Crippen LogP contribution in [-0.4, -0.2) is 0 Å². The molecule has 6 aromatic rings. The molecule has 52 heavy (non-hydrogen) atoms. The van der Waals surface area contributed by atoms with Gasteiger partial charge in [-0.3, -0.25) is 0 Å². The molecule has 5 aliphatic rings. The predicted molar refractivity (Wildman–Crippen MR) is 218 cm³/mol. The van der Waals surface area contributed by atoms with Crippen LogP contribution in [0.15, 0.2) is 127 Å². The first-order valence-electron chi connectivity index (χ1n) is 20.3. The summed E-state index contributed by atoms with van der Waals surface area (Å²) in [5, 5.41) is 2.58. The lowest BCUT2D eigenvalue weighted by molar-refractivity contribution is 0.420. The lowest BCUT2D eigenvalue weighted by Gasteiger charge is -2.31. The smallest absolute Gasteiger partial charge is 0.0543 e. The molecule has 11 rings (SSSR count). The van der Waals surface area contributed by atoms with Crippen LogP contribution in [0.5, 0.6) is 0 Å². The van der Waals surface area contributed by atoms with Crippen LogP contribution in [0.3, 0.4) is 0 Å². The fourth-order valence-corrected chi connectivity index (χ4v) is 12.1. The van der Waals surface area contributed by atoms with Crippen molar-refractivity contribution in [2.24, 2.45) is 23.7 Å². The first kappa shape index (κ1) is 31.0. The fourth-order valence-electron chi connectivity index (χ4n) is 12.1. The standard InChI is InChI=1S/C51H49N/c1-51(2)48-13-6-5-11-43(48)46-30-47(42-12-7-9-34-8-3-4-10-41(34)42)50(31-49(46)51)52(39-22-18-35(19-23-39)44-28-32-14-16-37(44)26-32)40-24-20-36(21-25-40)45-29-33-15-17-38(45)27-33/h3-13,18-25,30-33,37-38,44-45H,14-17,26-29H2,1-2H3. The van der Waals surface area contributed by atoms with Gasteiger partial charge in [0.1, 0.15) is 0 Å². The van der Waals surface area contributed by atoms with E-state index < -0.39 is 0 Å². The number of nitrogens with zero attached hydrogens (tertiary/aromatic N) is 1. The molecule has 258 valence electrons. The van der Waals surface area contributed by atoms with Gasteiger partial charge < -0.3 is 4.90 Å². The molecule has 5 aliphatic carbocycles. The first-order chi connectivity index (χ1) is 25.5. The number of fused-ring (bicyclic) bond motifs is 8. The molecule has 4 bridgehead atoms. The largest absolute Gasteiger partial charge is 0.310 e. The molecule has 6 unspecified atom stereocenters. The summed E-state index contributed by atoms with van der Waals surface area (Å²) >= 11 is 0. The van der Waals surface area contributed by atoms with Crippen molar-refractivity contribution in [1.29, 1.82) is 0 Å². The van der Waals surface area contributed by atoms with E-state index >= 15 is 0 Å². The summed E-state index contributed by atoms with van der Waals surface area (Å²) in [6, 6.07) is 49.6. The SMILES string of the molecule is CC1(C)c2ccccc2-c2cc(-c3cccc4ccccc34)c(N(c3ccc(C4CC5CCC4C5)cc3)c3ccc(C4CC5CCC4C5)cc3)cc21. The molecule has 4 saturated carbocycles. The van der Waals surface area contributed by atoms with Crippen molar-refractivity contribution in [2.75, 3.05) is 4.90 Å². The van der Waals surface area contributed by atoms with E-state index in [-0.39, 0.29) is 5.41 Å². The van der Waals surface area contributed by atoms with Gasteiger partial charge >= 0.3 is 0 Å². The van der Waals surface area contributed by atoms with Crippen molar-refractivity contribution < 1.29 is 0 Å². The fraction of sp³-hybridized carbons (Fsp3) is 0.333. The highest BCUT2D eigenvalue weighted by Crippen LogP contribution is 2.56. The van der Waals surface area contributed by atoms with Crippen LogP contribution in [0.1, 0.15) is 99.3 Å². The third-order valence-corrected chi connectivity index (χ3v) is 14.7. The summed E-state index contributed by atoms with van der Waals surface area (Å²) in [4.78, 5) is 2.59. The number of anilines is 3. The van der Waals surface area contributed by atoms with Gasteiger partial charge in [-0.05, 0) is 160 Å². The summed E-state index contributed by atoms with van der Waals surface area (Å²) in [6.45, 7) is 4.83. The highest BCUT2D eigenvalue weighted by atomic mass is 15.1. The van der Waals surface area contributed by atoms with Gasteiger partial charge in [-0.25, -0.2) is 0 Å². The average Bonchev–Trinajstić information content (AvgIpc) is 4.04. The van der Waals surface area contributed by atoms with Crippen molar-refractivity contribution in [2.45, 2.75) is 82.5 Å². The maximum atomic E-state index is 2.59. The van der Waals surface area contributed by atoms with E-state index in [1.165, 1.54) is 113 Å². The van der Waals surface area contributed by atoms with Crippen molar-refractivity contribution in [3.8, 4) is 22.3 Å². The Morgan fingerprint density at radius 2 is 1.06 bits per heavy atom. The zero-order chi connectivity index (χ0) is 34.6. The van der Waals surface area contributed by atoms with E-state index in [2.05, 4.69) is 146 Å². The maximum Gasteiger partial charge on any atom is 0.0543 e. The third kappa shape index (κ3) is 4.74. The Kier molecular flexibility index (Phi) is 6.96. The Bertz CT molecular complexity index is 2250. The lowest BCUT2D eigenvalue weighted by Crippen LogP contribution is -2.17. The minimum absolute atomic E-state index is 0.0963. The van der Waals surface area contributed by atoms with E-state index in [0.29, 0.717) is 0 Å². The first-order valence-corrected chi connectivity index (χ1v) is 20.3. The van der Waals surface area contributed by atoms with Crippen molar-refractivity contribution >= 4 is 27.8 Å².